The van der Waals surface area contributed by atoms with E-state index in [1.54, 1.807) is 17.0 Å². The van der Waals surface area contributed by atoms with Gasteiger partial charge in [0.05, 0.1) is 11.9 Å². The molecule has 0 aliphatic heterocycles. The van der Waals surface area contributed by atoms with Crippen molar-refractivity contribution in [3.63, 3.8) is 0 Å². The summed E-state index contributed by atoms with van der Waals surface area (Å²) < 4.78 is 26.7. The number of carbonyl (C=O) groups excluding carboxylic acids is 2. The molecule has 42 heavy (non-hydrogen) atoms. The van der Waals surface area contributed by atoms with Crippen LogP contribution >= 0.6 is 0 Å². The fourth-order valence-corrected chi connectivity index (χ4v) is 5.87. The molecule has 0 heterocycles. The Kier molecular flexibility index (Phi) is 12.2. The lowest BCUT2D eigenvalue weighted by Crippen LogP contribution is -2.52. The Hall–Kier alpha value is -3.65. The smallest absolute Gasteiger partial charge is 0.243 e. The van der Waals surface area contributed by atoms with Crippen molar-refractivity contribution in [1.82, 2.24) is 10.2 Å². The van der Waals surface area contributed by atoms with Crippen molar-refractivity contribution in [3.8, 4) is 0 Å². The third kappa shape index (κ3) is 9.72. The lowest BCUT2D eigenvalue weighted by atomic mass is 10.0. The van der Waals surface area contributed by atoms with Gasteiger partial charge >= 0.3 is 0 Å². The highest BCUT2D eigenvalue weighted by Gasteiger charge is 2.31. The zero-order valence-corrected chi connectivity index (χ0v) is 26.4. The van der Waals surface area contributed by atoms with Gasteiger partial charge in [0, 0.05) is 32.0 Å². The first kappa shape index (κ1) is 32.9. The van der Waals surface area contributed by atoms with Gasteiger partial charge in [-0.05, 0) is 61.9 Å². The zero-order chi connectivity index (χ0) is 30.7. The van der Waals surface area contributed by atoms with Crippen LogP contribution in [-0.2, 0) is 39.0 Å². The van der Waals surface area contributed by atoms with Crippen LogP contribution in [0, 0.1) is 6.92 Å². The molecule has 7 nitrogen and oxygen atoms in total. The molecule has 0 aliphatic rings. The van der Waals surface area contributed by atoms with E-state index in [0.29, 0.717) is 18.5 Å². The Morgan fingerprint density at radius 3 is 2.14 bits per heavy atom. The number of anilines is 1. The van der Waals surface area contributed by atoms with Gasteiger partial charge in [-0.2, -0.15) is 0 Å². The van der Waals surface area contributed by atoms with E-state index < -0.39 is 16.1 Å². The highest BCUT2D eigenvalue weighted by molar-refractivity contribution is 7.92. The fourth-order valence-electron chi connectivity index (χ4n) is 4.90. The van der Waals surface area contributed by atoms with E-state index in [4.69, 9.17) is 0 Å². The highest BCUT2D eigenvalue weighted by atomic mass is 32.2. The van der Waals surface area contributed by atoms with E-state index in [1.165, 1.54) is 10.6 Å². The normalized spacial score (nSPS) is 12.8. The fraction of sp³-hybridized carbons (Fsp3) is 0.412. The van der Waals surface area contributed by atoms with Crippen LogP contribution in [0.4, 0.5) is 5.69 Å². The third-order valence-corrected chi connectivity index (χ3v) is 8.69. The van der Waals surface area contributed by atoms with Gasteiger partial charge in [-0.25, -0.2) is 8.42 Å². The monoisotopic (exact) mass is 591 g/mol. The molecule has 8 heteroatoms. The van der Waals surface area contributed by atoms with Crippen molar-refractivity contribution < 1.29 is 18.0 Å². The predicted octanol–water partition coefficient (Wildman–Crippen LogP) is 5.66. The first-order chi connectivity index (χ1) is 20.0. The van der Waals surface area contributed by atoms with Crippen LogP contribution in [0.5, 0.6) is 0 Å². The molecule has 0 fully saturated rings. The summed E-state index contributed by atoms with van der Waals surface area (Å²) in [7, 11) is -3.55. The number of benzene rings is 3. The molecular weight excluding hydrogens is 546 g/mol. The zero-order valence-electron chi connectivity index (χ0n) is 25.5. The van der Waals surface area contributed by atoms with Gasteiger partial charge in [0.1, 0.15) is 6.04 Å². The molecule has 2 unspecified atom stereocenters. The van der Waals surface area contributed by atoms with E-state index in [0.717, 1.165) is 35.1 Å². The summed E-state index contributed by atoms with van der Waals surface area (Å²) in [6.45, 7) is 8.45. The molecule has 2 amide bonds. The van der Waals surface area contributed by atoms with Crippen LogP contribution in [-0.4, -0.2) is 50.0 Å². The maximum atomic E-state index is 14.0. The van der Waals surface area contributed by atoms with Crippen LogP contribution in [0.15, 0.2) is 78.9 Å². The van der Waals surface area contributed by atoms with E-state index >= 15 is 0 Å². The van der Waals surface area contributed by atoms with Gasteiger partial charge in [-0.3, -0.25) is 13.9 Å². The Bertz CT molecular complexity index is 1410. The van der Waals surface area contributed by atoms with Gasteiger partial charge in [-0.1, -0.05) is 86.1 Å². The summed E-state index contributed by atoms with van der Waals surface area (Å²) in [5, 5.41) is 3.09. The molecule has 0 radical (unpaired) electrons. The quantitative estimate of drug-likeness (QED) is 0.247. The van der Waals surface area contributed by atoms with Crippen LogP contribution in [0.25, 0.3) is 0 Å². The summed E-state index contributed by atoms with van der Waals surface area (Å²) in [4.78, 5) is 29.3. The molecule has 0 bridgehead atoms. The number of aryl methyl sites for hydroxylation is 2. The standard InChI is InChI=1S/C34H45N3O4S/c1-6-27(4)35-34(39)32(24-29-14-9-8-10-15-29)36(25-30-16-11-13-26(3)23-30)33(38)17-12-22-37(42(5,40)41)31-20-18-28(7-2)19-21-31/h8-11,13-16,18-21,23,27,32H,6-7,12,17,22,24-25H2,1-5H3,(H,35,39). The van der Waals surface area contributed by atoms with E-state index in [2.05, 4.69) is 5.32 Å². The number of hydrogen-bond donors (Lipinski definition) is 1. The van der Waals surface area contributed by atoms with Crippen LogP contribution in [0.2, 0.25) is 0 Å². The van der Waals surface area contributed by atoms with Crippen molar-refractivity contribution in [1.29, 1.82) is 0 Å². The van der Waals surface area contributed by atoms with Crippen LogP contribution in [0.3, 0.4) is 0 Å². The summed E-state index contributed by atoms with van der Waals surface area (Å²) in [6.07, 6.45) is 3.61. The number of hydrogen-bond acceptors (Lipinski definition) is 4. The molecule has 2 atom stereocenters. The van der Waals surface area contributed by atoms with Gasteiger partial charge in [0.2, 0.25) is 21.8 Å². The maximum Gasteiger partial charge on any atom is 0.243 e. The number of rotatable bonds is 15. The molecule has 3 rings (SSSR count). The Morgan fingerprint density at radius 2 is 1.55 bits per heavy atom. The second-order valence-corrected chi connectivity index (χ2v) is 12.9. The third-order valence-electron chi connectivity index (χ3n) is 7.49. The van der Waals surface area contributed by atoms with Gasteiger partial charge < -0.3 is 10.2 Å². The minimum atomic E-state index is -3.55. The minimum Gasteiger partial charge on any atom is -0.352 e. The molecular formula is C34H45N3O4S. The Balaban J connectivity index is 1.88. The predicted molar refractivity (Wildman–Crippen MR) is 171 cm³/mol. The average Bonchev–Trinajstić information content (AvgIpc) is 2.97. The van der Waals surface area contributed by atoms with Crippen molar-refractivity contribution in [2.75, 3.05) is 17.1 Å². The summed E-state index contributed by atoms with van der Waals surface area (Å²) in [6, 6.07) is 24.4. The molecule has 0 saturated heterocycles. The second-order valence-electron chi connectivity index (χ2n) is 11.0. The minimum absolute atomic E-state index is 0.0332. The van der Waals surface area contributed by atoms with E-state index in [-0.39, 0.29) is 37.4 Å². The molecule has 0 aromatic heterocycles. The SMILES string of the molecule is CCc1ccc(N(CCCC(=O)N(Cc2cccc(C)c2)C(Cc2ccccc2)C(=O)NC(C)CC)S(C)(=O)=O)cc1. The second kappa shape index (κ2) is 15.5. The summed E-state index contributed by atoms with van der Waals surface area (Å²) in [5.41, 5.74) is 4.67. The number of amides is 2. The van der Waals surface area contributed by atoms with Crippen molar-refractivity contribution in [2.45, 2.75) is 78.4 Å². The van der Waals surface area contributed by atoms with Gasteiger partial charge in [-0.15, -0.1) is 0 Å². The van der Waals surface area contributed by atoms with Gasteiger partial charge in [0.25, 0.3) is 0 Å². The van der Waals surface area contributed by atoms with Crippen molar-refractivity contribution in [3.05, 3.63) is 101 Å². The summed E-state index contributed by atoms with van der Waals surface area (Å²) in [5.74, 6) is -0.380. The average molecular weight is 592 g/mol. The molecule has 0 saturated carbocycles. The number of nitrogens with zero attached hydrogens (tertiary/aromatic N) is 2. The summed E-state index contributed by atoms with van der Waals surface area (Å²) >= 11 is 0. The molecule has 3 aromatic carbocycles. The highest BCUT2D eigenvalue weighted by Crippen LogP contribution is 2.21. The molecule has 226 valence electrons. The van der Waals surface area contributed by atoms with Crippen molar-refractivity contribution >= 4 is 27.5 Å². The first-order valence-corrected chi connectivity index (χ1v) is 16.6. The topological polar surface area (TPSA) is 86.8 Å². The van der Waals surface area contributed by atoms with Gasteiger partial charge in [0.15, 0.2) is 0 Å². The molecule has 0 aliphatic carbocycles. The first-order valence-electron chi connectivity index (χ1n) is 14.8. The maximum absolute atomic E-state index is 14.0. The van der Waals surface area contributed by atoms with Crippen LogP contribution in [0.1, 0.15) is 62.3 Å². The van der Waals surface area contributed by atoms with E-state index in [1.807, 2.05) is 94.4 Å². The number of sulfonamides is 1. The van der Waals surface area contributed by atoms with Crippen molar-refractivity contribution in [2.24, 2.45) is 0 Å². The number of carbonyl (C=O) groups is 2. The lowest BCUT2D eigenvalue weighted by molar-refractivity contribution is -0.141. The Labute approximate surface area is 252 Å². The van der Waals surface area contributed by atoms with Crippen LogP contribution < -0.4 is 9.62 Å². The molecule has 0 spiro atoms. The Morgan fingerprint density at radius 1 is 0.881 bits per heavy atom. The van der Waals surface area contributed by atoms with E-state index in [9.17, 15) is 18.0 Å². The number of nitrogens with one attached hydrogen (secondary N) is 1. The molecule has 3 aromatic rings. The largest absolute Gasteiger partial charge is 0.352 e. The molecule has 1 N–H and O–H groups in total. The lowest BCUT2D eigenvalue weighted by Gasteiger charge is -2.33.